The molecule has 0 aliphatic carbocycles. The largest absolute Gasteiger partial charge is 0.480 e. The van der Waals surface area contributed by atoms with Gasteiger partial charge in [0.05, 0.1) is 11.7 Å². The van der Waals surface area contributed by atoms with E-state index in [2.05, 4.69) is 0 Å². The van der Waals surface area contributed by atoms with Crippen LogP contribution in [0.1, 0.15) is 26.3 Å². The topological polar surface area (TPSA) is 104 Å². The molecule has 202 valence electrons. The van der Waals surface area contributed by atoms with Gasteiger partial charge < -0.3 is 15.7 Å². The van der Waals surface area contributed by atoms with E-state index in [1.54, 1.807) is 13.1 Å². The third-order valence-corrected chi connectivity index (χ3v) is 7.34. The van der Waals surface area contributed by atoms with Crippen molar-refractivity contribution in [2.45, 2.75) is 45.3 Å². The van der Waals surface area contributed by atoms with Crippen LogP contribution >= 0.6 is 0 Å². The smallest absolute Gasteiger partial charge is 0.326 e. The molecule has 39 heavy (non-hydrogen) atoms. The average molecular weight is 526 g/mol. The second kappa shape index (κ2) is 11.7. The Hall–Kier alpha value is -4.23. The summed E-state index contributed by atoms with van der Waals surface area (Å²) in [6, 6.07) is 23.9. The fraction of sp³-hybridized carbons (Fsp3) is 0.281. The quantitative estimate of drug-likeness (QED) is 0.304. The average Bonchev–Trinajstić information content (AvgIpc) is 2.94. The van der Waals surface area contributed by atoms with Crippen LogP contribution in [-0.2, 0) is 20.8 Å². The van der Waals surface area contributed by atoms with Gasteiger partial charge in [-0.25, -0.2) is 4.79 Å². The molecule has 0 aliphatic rings. The molecule has 7 heteroatoms. The van der Waals surface area contributed by atoms with Crippen LogP contribution in [0.5, 0.6) is 0 Å². The highest BCUT2D eigenvalue weighted by Gasteiger charge is 2.38. The van der Waals surface area contributed by atoms with Gasteiger partial charge in [0.2, 0.25) is 5.91 Å². The Balaban J connectivity index is 1.87. The maximum absolute atomic E-state index is 14.5. The summed E-state index contributed by atoms with van der Waals surface area (Å²) in [5.41, 5.74) is 7.53. The van der Waals surface area contributed by atoms with Crippen molar-refractivity contribution in [2.24, 2.45) is 11.7 Å². The van der Waals surface area contributed by atoms with Crippen LogP contribution in [0.2, 0.25) is 0 Å². The Labute approximate surface area is 228 Å². The van der Waals surface area contributed by atoms with Gasteiger partial charge in [0.1, 0.15) is 12.1 Å². The molecule has 0 heterocycles. The van der Waals surface area contributed by atoms with Gasteiger partial charge in [0.25, 0.3) is 5.91 Å². The first kappa shape index (κ1) is 27.8. The number of hydrogen-bond acceptors (Lipinski definition) is 4. The number of benzene rings is 4. The van der Waals surface area contributed by atoms with Crippen molar-refractivity contribution in [1.82, 2.24) is 4.90 Å². The zero-order valence-corrected chi connectivity index (χ0v) is 22.7. The minimum atomic E-state index is -1.19. The molecule has 0 spiro atoms. The number of carbonyl (C=O) groups is 3. The Bertz CT molecular complexity index is 1500. The van der Waals surface area contributed by atoms with Crippen LogP contribution in [0.25, 0.3) is 21.5 Å². The number of anilines is 1. The third-order valence-electron chi connectivity index (χ3n) is 7.34. The molecule has 0 aliphatic heterocycles. The van der Waals surface area contributed by atoms with E-state index in [4.69, 9.17) is 5.73 Å². The molecule has 0 fully saturated rings. The standard InChI is InChI=1S/C32H35N3O4/c1-20(2)29(33)31(37)34(4)28(17-22-11-6-5-7-12-22)30(36)35(21(3)32(38)39)27-16-10-15-25-18-23-13-8-9-14-24(23)19-26(25)27/h5-16,18-21,28-29H,17,33H2,1-4H3,(H,38,39)/t21-,28-,29-/m0/s1. The lowest BCUT2D eigenvalue weighted by atomic mass is 9.98. The summed E-state index contributed by atoms with van der Waals surface area (Å²) in [7, 11) is 1.57. The van der Waals surface area contributed by atoms with Crippen molar-refractivity contribution in [3.8, 4) is 0 Å². The van der Waals surface area contributed by atoms with Crippen molar-refractivity contribution >= 4 is 45.0 Å². The van der Waals surface area contributed by atoms with Gasteiger partial charge in [-0.3, -0.25) is 14.5 Å². The summed E-state index contributed by atoms with van der Waals surface area (Å²) in [6.07, 6.45) is 0.212. The highest BCUT2D eigenvalue weighted by atomic mass is 16.4. The molecule has 0 radical (unpaired) electrons. The zero-order valence-electron chi connectivity index (χ0n) is 22.7. The lowest BCUT2D eigenvalue weighted by Gasteiger charge is -2.36. The summed E-state index contributed by atoms with van der Waals surface area (Å²) in [4.78, 5) is 42.9. The number of nitrogens with zero attached hydrogens (tertiary/aromatic N) is 2. The second-order valence-electron chi connectivity index (χ2n) is 10.3. The third kappa shape index (κ3) is 5.78. The molecule has 7 nitrogen and oxygen atoms in total. The van der Waals surface area contributed by atoms with E-state index in [9.17, 15) is 19.5 Å². The predicted molar refractivity (Wildman–Crippen MR) is 156 cm³/mol. The maximum Gasteiger partial charge on any atom is 0.326 e. The Morgan fingerprint density at radius 3 is 2.00 bits per heavy atom. The summed E-state index contributed by atoms with van der Waals surface area (Å²) in [5, 5.41) is 13.7. The van der Waals surface area contributed by atoms with Crippen LogP contribution in [0.4, 0.5) is 5.69 Å². The number of rotatable bonds is 9. The highest BCUT2D eigenvalue weighted by Crippen LogP contribution is 2.33. The highest BCUT2D eigenvalue weighted by molar-refractivity contribution is 6.11. The molecule has 2 amide bonds. The van der Waals surface area contributed by atoms with E-state index in [0.717, 1.165) is 27.1 Å². The van der Waals surface area contributed by atoms with Gasteiger partial charge in [0.15, 0.2) is 0 Å². The Morgan fingerprint density at radius 2 is 1.38 bits per heavy atom. The monoisotopic (exact) mass is 525 g/mol. The molecule has 4 aromatic rings. The first-order chi connectivity index (χ1) is 18.6. The molecule has 4 aromatic carbocycles. The normalized spacial score (nSPS) is 13.7. The van der Waals surface area contributed by atoms with Gasteiger partial charge in [-0.05, 0) is 52.8 Å². The van der Waals surface area contributed by atoms with E-state index in [1.807, 2.05) is 92.7 Å². The molecule has 3 N–H and O–H groups in total. The number of carbonyl (C=O) groups excluding carboxylic acids is 2. The summed E-state index contributed by atoms with van der Waals surface area (Å²) in [6.45, 7) is 5.19. The zero-order chi connectivity index (χ0) is 28.3. The van der Waals surface area contributed by atoms with Crippen LogP contribution < -0.4 is 10.6 Å². The molecule has 0 saturated heterocycles. The molecular weight excluding hydrogens is 490 g/mol. The number of aliphatic carboxylic acids is 1. The molecule has 3 atom stereocenters. The number of hydrogen-bond donors (Lipinski definition) is 2. The Kier molecular flexibility index (Phi) is 8.31. The van der Waals surface area contributed by atoms with Gasteiger partial charge in [-0.15, -0.1) is 0 Å². The maximum atomic E-state index is 14.5. The number of likely N-dealkylation sites (N-methyl/N-ethyl adjacent to an activating group) is 1. The molecule has 0 aromatic heterocycles. The minimum Gasteiger partial charge on any atom is -0.480 e. The van der Waals surface area contributed by atoms with E-state index < -0.39 is 30.0 Å². The SMILES string of the molecule is CC(C)[C@H](N)C(=O)N(C)[C@@H](Cc1ccccc1)C(=O)N(c1cccc2cc3ccccc3cc12)[C@@H](C)C(=O)O. The van der Waals surface area contributed by atoms with Crippen LogP contribution in [0, 0.1) is 5.92 Å². The van der Waals surface area contributed by atoms with Crippen molar-refractivity contribution in [3.63, 3.8) is 0 Å². The van der Waals surface area contributed by atoms with Gasteiger partial charge >= 0.3 is 5.97 Å². The van der Waals surface area contributed by atoms with Gasteiger partial charge in [0, 0.05) is 18.9 Å². The minimum absolute atomic E-state index is 0.132. The summed E-state index contributed by atoms with van der Waals surface area (Å²) < 4.78 is 0. The number of fused-ring (bicyclic) bond motifs is 2. The van der Waals surface area contributed by atoms with Crippen LogP contribution in [0.3, 0.4) is 0 Å². The lowest BCUT2D eigenvalue weighted by molar-refractivity contribution is -0.142. The molecular formula is C32H35N3O4. The first-order valence-corrected chi connectivity index (χ1v) is 13.1. The number of nitrogens with two attached hydrogens (primary N) is 1. The molecule has 0 unspecified atom stereocenters. The van der Waals surface area contributed by atoms with E-state index in [0.29, 0.717) is 5.69 Å². The fourth-order valence-electron chi connectivity index (χ4n) is 4.85. The van der Waals surface area contributed by atoms with E-state index >= 15 is 0 Å². The van der Waals surface area contributed by atoms with Crippen LogP contribution in [-0.4, -0.2) is 53.0 Å². The van der Waals surface area contributed by atoms with E-state index in [-0.39, 0.29) is 18.2 Å². The van der Waals surface area contributed by atoms with E-state index in [1.165, 1.54) is 16.7 Å². The number of carboxylic acid groups (broad SMARTS) is 1. The summed E-state index contributed by atoms with van der Waals surface area (Å²) >= 11 is 0. The van der Waals surface area contributed by atoms with Gasteiger partial charge in [-0.2, -0.15) is 0 Å². The van der Waals surface area contributed by atoms with Crippen molar-refractivity contribution < 1.29 is 19.5 Å². The fourth-order valence-corrected chi connectivity index (χ4v) is 4.85. The molecule has 4 rings (SSSR count). The summed E-state index contributed by atoms with van der Waals surface area (Å²) in [5.74, 6) is -2.13. The Morgan fingerprint density at radius 1 is 0.795 bits per heavy atom. The van der Waals surface area contributed by atoms with Crippen LogP contribution in [0.15, 0.2) is 84.9 Å². The number of carboxylic acids is 1. The lowest BCUT2D eigenvalue weighted by Crippen LogP contribution is -2.57. The van der Waals surface area contributed by atoms with Crippen molar-refractivity contribution in [3.05, 3.63) is 90.5 Å². The van der Waals surface area contributed by atoms with Gasteiger partial charge in [-0.1, -0.05) is 80.6 Å². The predicted octanol–water partition coefficient (Wildman–Crippen LogP) is 4.85. The second-order valence-corrected chi connectivity index (χ2v) is 10.3. The molecule has 0 saturated carbocycles. The van der Waals surface area contributed by atoms with Crippen molar-refractivity contribution in [2.75, 3.05) is 11.9 Å². The number of amides is 2. The first-order valence-electron chi connectivity index (χ1n) is 13.1. The van der Waals surface area contributed by atoms with Crippen molar-refractivity contribution in [1.29, 1.82) is 0 Å². The molecule has 0 bridgehead atoms.